The van der Waals surface area contributed by atoms with E-state index >= 15 is 0 Å². The van der Waals surface area contributed by atoms with Gasteiger partial charge in [-0.1, -0.05) is 25.0 Å². The molecule has 1 aromatic rings. The van der Waals surface area contributed by atoms with Crippen LogP contribution in [0.1, 0.15) is 50.1 Å². The van der Waals surface area contributed by atoms with Gasteiger partial charge in [0.15, 0.2) is 0 Å². The molecule has 126 valence electrons. The summed E-state index contributed by atoms with van der Waals surface area (Å²) in [5, 5.41) is 16.0. The summed E-state index contributed by atoms with van der Waals surface area (Å²) < 4.78 is 5.19. The van der Waals surface area contributed by atoms with Crippen LogP contribution in [-0.2, 0) is 0 Å². The van der Waals surface area contributed by atoms with Gasteiger partial charge in [0, 0.05) is 0 Å². The van der Waals surface area contributed by atoms with E-state index < -0.39 is 6.10 Å². The summed E-state index contributed by atoms with van der Waals surface area (Å²) >= 11 is 0. The van der Waals surface area contributed by atoms with E-state index in [-0.39, 0.29) is 18.1 Å². The zero-order chi connectivity index (χ0) is 16.2. The van der Waals surface area contributed by atoms with Crippen molar-refractivity contribution in [3.8, 4) is 5.75 Å². The van der Waals surface area contributed by atoms with Gasteiger partial charge in [-0.2, -0.15) is 0 Å². The number of aliphatic hydroxyl groups excluding tert-OH is 1. The fourth-order valence-electron chi connectivity index (χ4n) is 3.35. The van der Waals surface area contributed by atoms with E-state index in [0.717, 1.165) is 49.8 Å². The number of ether oxygens (including phenoxy) is 1. The van der Waals surface area contributed by atoms with Gasteiger partial charge in [0.1, 0.15) is 5.75 Å². The van der Waals surface area contributed by atoms with E-state index in [4.69, 9.17) is 4.74 Å². The van der Waals surface area contributed by atoms with Gasteiger partial charge in [-0.15, -0.1) is 0 Å². The second kappa shape index (κ2) is 7.21. The third kappa shape index (κ3) is 4.16. The van der Waals surface area contributed by atoms with Crippen molar-refractivity contribution in [1.29, 1.82) is 0 Å². The van der Waals surface area contributed by atoms with Crippen LogP contribution in [0.25, 0.3) is 0 Å². The number of amides is 2. The van der Waals surface area contributed by atoms with E-state index in [1.165, 1.54) is 0 Å². The average molecular weight is 318 g/mol. The minimum atomic E-state index is -0.421. The number of hydrogen-bond donors (Lipinski definition) is 3. The third-order valence-electron chi connectivity index (χ3n) is 4.90. The molecule has 3 rings (SSSR count). The Hall–Kier alpha value is -1.75. The Balaban J connectivity index is 1.61. The quantitative estimate of drug-likeness (QED) is 0.782. The molecule has 1 aromatic carbocycles. The largest absolute Gasteiger partial charge is 0.497 e. The van der Waals surface area contributed by atoms with Gasteiger partial charge in [0.25, 0.3) is 0 Å². The molecule has 0 radical (unpaired) electrons. The van der Waals surface area contributed by atoms with Crippen LogP contribution in [0.4, 0.5) is 4.79 Å². The predicted molar refractivity (Wildman–Crippen MR) is 88.4 cm³/mol. The Morgan fingerprint density at radius 2 is 1.87 bits per heavy atom. The van der Waals surface area contributed by atoms with Crippen molar-refractivity contribution < 1.29 is 14.6 Å². The second-order valence-electron chi connectivity index (χ2n) is 6.66. The second-order valence-corrected chi connectivity index (χ2v) is 6.66. The minimum absolute atomic E-state index is 0.0293. The summed E-state index contributed by atoms with van der Waals surface area (Å²) in [6.07, 6.45) is 5.59. The van der Waals surface area contributed by atoms with Crippen LogP contribution in [0.15, 0.2) is 24.3 Å². The highest BCUT2D eigenvalue weighted by molar-refractivity contribution is 5.75. The van der Waals surface area contributed by atoms with Crippen molar-refractivity contribution in [3.05, 3.63) is 29.8 Å². The number of urea groups is 1. The van der Waals surface area contributed by atoms with E-state index in [2.05, 4.69) is 10.6 Å². The Kier molecular flexibility index (Phi) is 5.06. The molecule has 0 aliphatic heterocycles. The smallest absolute Gasteiger partial charge is 0.315 e. The molecule has 0 aromatic heterocycles. The lowest BCUT2D eigenvalue weighted by Crippen LogP contribution is -2.49. The summed E-state index contributed by atoms with van der Waals surface area (Å²) in [5.41, 5.74) is 1.10. The Morgan fingerprint density at radius 3 is 2.48 bits per heavy atom. The molecule has 2 aliphatic carbocycles. The van der Waals surface area contributed by atoms with Crippen LogP contribution in [0.5, 0.6) is 5.75 Å². The molecule has 23 heavy (non-hydrogen) atoms. The fourth-order valence-corrected chi connectivity index (χ4v) is 3.35. The maximum absolute atomic E-state index is 12.3. The lowest BCUT2D eigenvalue weighted by atomic mass is 9.93. The normalized spacial score (nSPS) is 25.5. The molecule has 0 heterocycles. The Labute approximate surface area is 137 Å². The van der Waals surface area contributed by atoms with Crippen molar-refractivity contribution >= 4 is 6.03 Å². The molecular weight excluding hydrogens is 292 g/mol. The van der Waals surface area contributed by atoms with Crippen LogP contribution < -0.4 is 15.4 Å². The predicted octanol–water partition coefficient (Wildman–Crippen LogP) is 2.75. The lowest BCUT2D eigenvalue weighted by molar-refractivity contribution is 0.0939. The fraction of sp³-hybridized carbons (Fsp3) is 0.611. The van der Waals surface area contributed by atoms with Crippen molar-refractivity contribution in [2.45, 2.75) is 56.7 Å². The highest BCUT2D eigenvalue weighted by Crippen LogP contribution is 2.41. The molecule has 0 saturated heterocycles. The molecule has 2 aliphatic rings. The molecule has 2 amide bonds. The third-order valence-corrected chi connectivity index (χ3v) is 4.90. The van der Waals surface area contributed by atoms with Crippen LogP contribution >= 0.6 is 0 Å². The van der Waals surface area contributed by atoms with Gasteiger partial charge >= 0.3 is 6.03 Å². The first kappa shape index (κ1) is 16.1. The van der Waals surface area contributed by atoms with Gasteiger partial charge in [-0.05, 0) is 49.3 Å². The van der Waals surface area contributed by atoms with E-state index in [1.807, 2.05) is 24.3 Å². The van der Waals surface area contributed by atoms with Crippen LogP contribution in [-0.4, -0.2) is 30.4 Å². The average Bonchev–Trinajstić information content (AvgIpc) is 3.40. The summed E-state index contributed by atoms with van der Waals surface area (Å²) in [6.45, 7) is 0. The zero-order valence-electron chi connectivity index (χ0n) is 13.6. The van der Waals surface area contributed by atoms with Gasteiger partial charge in [-0.25, -0.2) is 4.79 Å². The van der Waals surface area contributed by atoms with Crippen LogP contribution in [0, 0.1) is 5.92 Å². The Bertz CT molecular complexity index is 528. The molecule has 2 saturated carbocycles. The number of hydrogen-bond acceptors (Lipinski definition) is 3. The molecule has 2 fully saturated rings. The summed E-state index contributed by atoms with van der Waals surface area (Å²) in [5.74, 6) is 1.32. The summed E-state index contributed by atoms with van der Waals surface area (Å²) in [4.78, 5) is 12.3. The number of carbonyl (C=O) groups is 1. The first-order valence-electron chi connectivity index (χ1n) is 8.56. The van der Waals surface area contributed by atoms with Crippen molar-refractivity contribution in [2.24, 2.45) is 5.92 Å². The molecule has 0 bridgehead atoms. The topological polar surface area (TPSA) is 70.6 Å². The van der Waals surface area contributed by atoms with Gasteiger partial charge in [-0.3, -0.25) is 0 Å². The standard InChI is InChI=1S/C18H26N2O3/c1-23-14-10-8-13(9-11-14)17(12-6-7-12)20-18(22)19-15-4-2-3-5-16(15)21/h8-12,15-17,21H,2-7H2,1H3,(H2,19,20,22). The summed E-state index contributed by atoms with van der Waals surface area (Å²) in [7, 11) is 1.65. The highest BCUT2D eigenvalue weighted by atomic mass is 16.5. The van der Waals surface area contributed by atoms with E-state index in [9.17, 15) is 9.90 Å². The number of carbonyl (C=O) groups excluding carboxylic acids is 1. The van der Waals surface area contributed by atoms with E-state index in [1.54, 1.807) is 7.11 Å². The zero-order valence-corrected chi connectivity index (χ0v) is 13.6. The molecular formula is C18H26N2O3. The van der Waals surface area contributed by atoms with E-state index in [0.29, 0.717) is 5.92 Å². The van der Waals surface area contributed by atoms with Crippen molar-refractivity contribution in [2.75, 3.05) is 7.11 Å². The maximum Gasteiger partial charge on any atom is 0.315 e. The number of methoxy groups -OCH3 is 1. The molecule has 3 unspecified atom stereocenters. The van der Waals surface area contributed by atoms with Gasteiger partial charge in [0.2, 0.25) is 0 Å². The number of nitrogens with one attached hydrogen (secondary N) is 2. The molecule has 0 spiro atoms. The minimum Gasteiger partial charge on any atom is -0.497 e. The first-order valence-corrected chi connectivity index (χ1v) is 8.56. The number of rotatable bonds is 5. The first-order chi connectivity index (χ1) is 11.2. The lowest BCUT2D eigenvalue weighted by Gasteiger charge is -2.29. The van der Waals surface area contributed by atoms with Crippen LogP contribution in [0.3, 0.4) is 0 Å². The maximum atomic E-state index is 12.3. The van der Waals surface area contributed by atoms with Gasteiger partial charge < -0.3 is 20.5 Å². The molecule has 5 heteroatoms. The van der Waals surface area contributed by atoms with Gasteiger partial charge in [0.05, 0.1) is 25.3 Å². The molecule has 3 N–H and O–H groups in total. The SMILES string of the molecule is COc1ccc(C(NC(=O)NC2CCCCC2O)C2CC2)cc1. The highest BCUT2D eigenvalue weighted by Gasteiger charge is 2.34. The number of aliphatic hydroxyl groups is 1. The summed E-state index contributed by atoms with van der Waals surface area (Å²) in [6, 6.07) is 7.60. The number of benzene rings is 1. The molecule has 3 atom stereocenters. The molecule has 5 nitrogen and oxygen atoms in total. The van der Waals surface area contributed by atoms with Crippen molar-refractivity contribution in [1.82, 2.24) is 10.6 Å². The van der Waals surface area contributed by atoms with Crippen LogP contribution in [0.2, 0.25) is 0 Å². The monoisotopic (exact) mass is 318 g/mol. The van der Waals surface area contributed by atoms with Crippen molar-refractivity contribution in [3.63, 3.8) is 0 Å². The Morgan fingerprint density at radius 1 is 1.17 bits per heavy atom.